The van der Waals surface area contributed by atoms with E-state index in [9.17, 15) is 15.2 Å². The summed E-state index contributed by atoms with van der Waals surface area (Å²) in [4.78, 5) is 12.9. The minimum atomic E-state index is -0.392. The maximum Gasteiger partial charge on any atom is 0.267 e. The second kappa shape index (κ2) is 7.87. The number of aromatic nitrogens is 1. The number of nitrogens with one attached hydrogen (secondary N) is 1. The first-order chi connectivity index (χ1) is 13.3. The Morgan fingerprint density at radius 1 is 1.21 bits per heavy atom. The lowest BCUT2D eigenvalue weighted by Crippen LogP contribution is -2.36. The van der Waals surface area contributed by atoms with Gasteiger partial charge in [-0.15, -0.1) is 0 Å². The molecule has 28 heavy (non-hydrogen) atoms. The van der Waals surface area contributed by atoms with Crippen LogP contribution in [0.4, 0.5) is 0 Å². The van der Waals surface area contributed by atoms with Crippen LogP contribution in [0.25, 0.3) is 10.9 Å². The van der Waals surface area contributed by atoms with Crippen LogP contribution in [0.15, 0.2) is 48.5 Å². The molecule has 0 spiro atoms. The van der Waals surface area contributed by atoms with E-state index in [-0.39, 0.29) is 12.5 Å². The Morgan fingerprint density at radius 2 is 1.96 bits per heavy atom. The number of fused-ring (bicyclic) bond motifs is 1. The summed E-state index contributed by atoms with van der Waals surface area (Å²) in [7, 11) is 0. The van der Waals surface area contributed by atoms with E-state index in [1.54, 1.807) is 12.1 Å². The second-order valence-electron chi connectivity index (χ2n) is 7.93. The van der Waals surface area contributed by atoms with Crippen molar-refractivity contribution in [1.29, 1.82) is 5.26 Å². The van der Waals surface area contributed by atoms with Gasteiger partial charge in [0.2, 0.25) is 0 Å². The number of aryl methyl sites for hydroxylation is 1. The minimum absolute atomic E-state index is 0.00892. The van der Waals surface area contributed by atoms with Crippen LogP contribution in [0.5, 0.6) is 0 Å². The molecule has 1 heterocycles. The molecule has 0 atom stereocenters. The van der Waals surface area contributed by atoms with E-state index in [2.05, 4.69) is 30.4 Å². The molecule has 144 valence electrons. The molecule has 0 aliphatic heterocycles. The van der Waals surface area contributed by atoms with Crippen LogP contribution in [0, 0.1) is 23.7 Å². The molecule has 0 fully saturated rings. The van der Waals surface area contributed by atoms with Crippen molar-refractivity contribution < 1.29 is 9.90 Å². The highest BCUT2D eigenvalue weighted by molar-refractivity contribution is 5.99. The molecular formula is C23H25N3O2. The molecule has 0 unspecified atom stereocenters. The van der Waals surface area contributed by atoms with Gasteiger partial charge in [0.1, 0.15) is 5.69 Å². The summed E-state index contributed by atoms with van der Waals surface area (Å²) in [5, 5.41) is 22.4. The predicted molar refractivity (Wildman–Crippen MR) is 110 cm³/mol. The topological polar surface area (TPSA) is 78.1 Å². The lowest BCUT2D eigenvalue weighted by Gasteiger charge is -2.22. The molecule has 0 saturated heterocycles. The first-order valence-corrected chi connectivity index (χ1v) is 9.31. The Hall–Kier alpha value is -3.10. The van der Waals surface area contributed by atoms with E-state index in [1.165, 1.54) is 0 Å². The van der Waals surface area contributed by atoms with Crippen LogP contribution in [0.2, 0.25) is 0 Å². The van der Waals surface area contributed by atoms with Gasteiger partial charge in [0.05, 0.1) is 11.6 Å². The van der Waals surface area contributed by atoms with Crippen molar-refractivity contribution in [2.45, 2.75) is 27.3 Å². The molecular weight excluding hydrogens is 350 g/mol. The third-order valence-corrected chi connectivity index (χ3v) is 5.01. The number of hydrogen-bond donors (Lipinski definition) is 2. The van der Waals surface area contributed by atoms with Gasteiger partial charge in [0.25, 0.3) is 5.91 Å². The normalized spacial score (nSPS) is 11.4. The van der Waals surface area contributed by atoms with Crippen molar-refractivity contribution >= 4 is 16.8 Å². The lowest BCUT2D eigenvalue weighted by molar-refractivity contribution is 0.0903. The minimum Gasteiger partial charge on any atom is -0.396 e. The SMILES string of the molecule is Cc1ccccc1Cn1c(C(=O)NCC(C)(C)CO)cc2cc(C#N)ccc21. The van der Waals surface area contributed by atoms with Crippen molar-refractivity contribution in [3.05, 3.63) is 70.9 Å². The van der Waals surface area contributed by atoms with E-state index in [4.69, 9.17) is 0 Å². The summed E-state index contributed by atoms with van der Waals surface area (Å²) in [6.07, 6.45) is 0. The van der Waals surface area contributed by atoms with E-state index in [1.807, 2.05) is 42.7 Å². The Kier molecular flexibility index (Phi) is 5.53. The highest BCUT2D eigenvalue weighted by Crippen LogP contribution is 2.24. The Morgan fingerprint density at radius 3 is 2.64 bits per heavy atom. The van der Waals surface area contributed by atoms with Crippen molar-refractivity contribution in [2.75, 3.05) is 13.2 Å². The van der Waals surface area contributed by atoms with Gasteiger partial charge < -0.3 is 15.0 Å². The fourth-order valence-electron chi connectivity index (χ4n) is 3.12. The van der Waals surface area contributed by atoms with Crippen molar-refractivity contribution in [1.82, 2.24) is 9.88 Å². The molecule has 0 bridgehead atoms. The lowest BCUT2D eigenvalue weighted by atomic mass is 9.95. The summed E-state index contributed by atoms with van der Waals surface area (Å²) in [5.41, 5.74) is 3.92. The maximum atomic E-state index is 12.9. The van der Waals surface area contributed by atoms with Gasteiger partial charge in [-0.2, -0.15) is 5.26 Å². The van der Waals surface area contributed by atoms with Crippen LogP contribution in [0.3, 0.4) is 0 Å². The zero-order valence-electron chi connectivity index (χ0n) is 16.5. The monoisotopic (exact) mass is 375 g/mol. The van der Waals surface area contributed by atoms with Crippen LogP contribution in [0.1, 0.15) is 41.0 Å². The Labute approximate surface area is 165 Å². The smallest absolute Gasteiger partial charge is 0.267 e. The van der Waals surface area contributed by atoms with E-state index >= 15 is 0 Å². The number of carbonyl (C=O) groups excluding carboxylic acids is 1. The summed E-state index contributed by atoms with van der Waals surface area (Å²) in [5.74, 6) is -0.190. The molecule has 3 aromatic rings. The number of nitriles is 1. The predicted octanol–water partition coefficient (Wildman–Crippen LogP) is 3.62. The number of hydrogen-bond acceptors (Lipinski definition) is 3. The largest absolute Gasteiger partial charge is 0.396 e. The zero-order valence-corrected chi connectivity index (χ0v) is 16.5. The van der Waals surface area contributed by atoms with E-state index in [0.717, 1.165) is 22.0 Å². The van der Waals surface area contributed by atoms with E-state index in [0.29, 0.717) is 24.3 Å². The molecule has 0 saturated carbocycles. The Balaban J connectivity index is 2.03. The molecule has 0 aliphatic carbocycles. The summed E-state index contributed by atoms with van der Waals surface area (Å²) >= 11 is 0. The summed E-state index contributed by atoms with van der Waals surface area (Å²) < 4.78 is 1.99. The Bertz CT molecular complexity index is 1060. The average Bonchev–Trinajstić information content (AvgIpc) is 3.05. The van der Waals surface area contributed by atoms with E-state index < -0.39 is 5.41 Å². The van der Waals surface area contributed by atoms with Gasteiger partial charge in [0.15, 0.2) is 0 Å². The summed E-state index contributed by atoms with van der Waals surface area (Å²) in [6, 6.07) is 17.5. The summed E-state index contributed by atoms with van der Waals surface area (Å²) in [6.45, 7) is 6.78. The first kappa shape index (κ1) is 19.7. The molecule has 2 N–H and O–H groups in total. The van der Waals surface area contributed by atoms with Gasteiger partial charge in [0, 0.05) is 36.0 Å². The molecule has 5 heteroatoms. The molecule has 0 aliphatic rings. The number of aliphatic hydroxyl groups is 1. The molecule has 1 aromatic heterocycles. The number of aliphatic hydroxyl groups excluding tert-OH is 1. The second-order valence-corrected chi connectivity index (χ2v) is 7.93. The van der Waals surface area contributed by atoms with Crippen LogP contribution >= 0.6 is 0 Å². The van der Waals surface area contributed by atoms with Gasteiger partial charge in [-0.05, 0) is 42.3 Å². The number of rotatable bonds is 6. The van der Waals surface area contributed by atoms with Crippen molar-refractivity contribution in [3.8, 4) is 6.07 Å². The third kappa shape index (κ3) is 4.08. The maximum absolute atomic E-state index is 12.9. The van der Waals surface area contributed by atoms with Gasteiger partial charge in [-0.1, -0.05) is 38.1 Å². The highest BCUT2D eigenvalue weighted by Gasteiger charge is 2.21. The van der Waals surface area contributed by atoms with Crippen LogP contribution in [-0.2, 0) is 6.54 Å². The van der Waals surface area contributed by atoms with Crippen LogP contribution < -0.4 is 5.32 Å². The highest BCUT2D eigenvalue weighted by atomic mass is 16.3. The fourth-order valence-corrected chi connectivity index (χ4v) is 3.12. The number of carbonyl (C=O) groups is 1. The molecule has 3 rings (SSSR count). The number of nitrogens with zero attached hydrogens (tertiary/aromatic N) is 2. The number of amides is 1. The van der Waals surface area contributed by atoms with Gasteiger partial charge >= 0.3 is 0 Å². The molecule has 5 nitrogen and oxygen atoms in total. The first-order valence-electron chi connectivity index (χ1n) is 9.31. The third-order valence-electron chi connectivity index (χ3n) is 5.01. The van der Waals surface area contributed by atoms with Crippen LogP contribution in [-0.4, -0.2) is 28.7 Å². The molecule has 1 amide bonds. The quantitative estimate of drug-likeness (QED) is 0.691. The molecule has 0 radical (unpaired) electrons. The molecule has 2 aromatic carbocycles. The standard InChI is InChI=1S/C23H25N3O2/c1-16-6-4-5-7-18(16)13-26-20-9-8-17(12-24)10-19(20)11-21(26)22(28)25-14-23(2,3)15-27/h4-11,27H,13-15H2,1-3H3,(H,25,28). The van der Waals surface area contributed by atoms with Crippen molar-refractivity contribution in [3.63, 3.8) is 0 Å². The zero-order chi connectivity index (χ0) is 20.3. The van der Waals surface area contributed by atoms with Gasteiger partial charge in [-0.25, -0.2) is 0 Å². The number of benzene rings is 2. The fraction of sp³-hybridized carbons (Fsp3) is 0.304. The van der Waals surface area contributed by atoms with Gasteiger partial charge in [-0.3, -0.25) is 4.79 Å². The average molecular weight is 375 g/mol. The van der Waals surface area contributed by atoms with Crippen molar-refractivity contribution in [2.24, 2.45) is 5.41 Å².